The van der Waals surface area contributed by atoms with Gasteiger partial charge in [0.15, 0.2) is 0 Å². The molecule has 142 valence electrons. The van der Waals surface area contributed by atoms with E-state index < -0.39 is 5.60 Å². The first-order valence-electron chi connectivity index (χ1n) is 8.87. The van der Waals surface area contributed by atoms with Crippen molar-refractivity contribution in [3.8, 4) is 5.75 Å². The van der Waals surface area contributed by atoms with Gasteiger partial charge in [-0.15, -0.1) is 12.4 Å². The molecule has 1 saturated carbocycles. The number of carbonyl (C=O) groups is 1. The van der Waals surface area contributed by atoms with Crippen molar-refractivity contribution in [1.82, 2.24) is 4.90 Å². The third-order valence-electron chi connectivity index (χ3n) is 5.23. The van der Waals surface area contributed by atoms with Crippen LogP contribution in [0.25, 0.3) is 0 Å². The van der Waals surface area contributed by atoms with E-state index in [1.807, 2.05) is 12.1 Å². The van der Waals surface area contributed by atoms with Crippen molar-refractivity contribution < 1.29 is 14.3 Å². The third-order valence-corrected chi connectivity index (χ3v) is 5.23. The number of halogens is 1. The molecular weight excluding hydrogens is 338 g/mol. The van der Waals surface area contributed by atoms with Crippen molar-refractivity contribution in [2.45, 2.75) is 51.0 Å². The van der Waals surface area contributed by atoms with Gasteiger partial charge in [0.1, 0.15) is 11.4 Å². The summed E-state index contributed by atoms with van der Waals surface area (Å²) in [6.07, 6.45) is 4.27. The van der Waals surface area contributed by atoms with Gasteiger partial charge in [-0.25, -0.2) is 0 Å². The van der Waals surface area contributed by atoms with Gasteiger partial charge in [-0.2, -0.15) is 0 Å². The Hall–Kier alpha value is -1.26. The van der Waals surface area contributed by atoms with Crippen molar-refractivity contribution in [1.29, 1.82) is 0 Å². The molecule has 0 bridgehead atoms. The van der Waals surface area contributed by atoms with E-state index in [4.69, 9.17) is 9.47 Å². The summed E-state index contributed by atoms with van der Waals surface area (Å²) in [5.41, 5.74) is 0.811. The molecule has 1 aromatic carbocycles. The van der Waals surface area contributed by atoms with Crippen LogP contribution in [0.15, 0.2) is 24.3 Å². The lowest BCUT2D eigenvalue weighted by Crippen LogP contribution is -2.51. The zero-order chi connectivity index (χ0) is 17.7. The number of ether oxygens (including phenoxy) is 2. The minimum Gasteiger partial charge on any atom is -0.497 e. The minimum atomic E-state index is -0.428. The summed E-state index contributed by atoms with van der Waals surface area (Å²) in [6.45, 7) is 4.65. The number of hydrogen-bond donors (Lipinski definition) is 0. The van der Waals surface area contributed by atoms with Crippen molar-refractivity contribution in [3.63, 3.8) is 0 Å². The zero-order valence-electron chi connectivity index (χ0n) is 16.1. The molecule has 0 N–H and O–H groups in total. The standard InChI is InChI=1S/C20H31NO3.ClH/c1-15(14-21(3)4)20(24-16(2)22)13-7-6-8-19(20)17-9-11-18(23-5)12-10-17;/h9-12,15,19H,6-8,13-14H2,1-5H3;1H. The highest BCUT2D eigenvalue weighted by Gasteiger charge is 2.48. The van der Waals surface area contributed by atoms with Crippen molar-refractivity contribution >= 4 is 18.4 Å². The first kappa shape index (κ1) is 21.8. The molecule has 4 nitrogen and oxygen atoms in total. The molecule has 1 fully saturated rings. The smallest absolute Gasteiger partial charge is 0.303 e. The van der Waals surface area contributed by atoms with Gasteiger partial charge in [0.05, 0.1) is 7.11 Å². The lowest BCUT2D eigenvalue weighted by atomic mass is 9.66. The number of rotatable bonds is 6. The second-order valence-corrected chi connectivity index (χ2v) is 7.28. The summed E-state index contributed by atoms with van der Waals surface area (Å²) >= 11 is 0. The van der Waals surface area contributed by atoms with Crippen LogP contribution < -0.4 is 4.74 Å². The van der Waals surface area contributed by atoms with E-state index in [0.29, 0.717) is 0 Å². The van der Waals surface area contributed by atoms with E-state index in [9.17, 15) is 4.79 Å². The lowest BCUT2D eigenvalue weighted by Gasteiger charge is -2.48. The fourth-order valence-corrected chi connectivity index (χ4v) is 4.24. The normalized spacial score (nSPS) is 24.3. The number of hydrogen-bond acceptors (Lipinski definition) is 4. The Morgan fingerprint density at radius 2 is 1.92 bits per heavy atom. The van der Waals surface area contributed by atoms with Gasteiger partial charge in [0.25, 0.3) is 0 Å². The van der Waals surface area contributed by atoms with Crippen LogP contribution in [0.3, 0.4) is 0 Å². The number of methoxy groups -OCH3 is 1. The van der Waals surface area contributed by atoms with E-state index in [0.717, 1.165) is 31.6 Å². The first-order valence-corrected chi connectivity index (χ1v) is 8.87. The Balaban J connectivity index is 0.00000312. The number of nitrogens with zero attached hydrogens (tertiary/aromatic N) is 1. The van der Waals surface area contributed by atoms with Crippen LogP contribution in [0.5, 0.6) is 5.75 Å². The molecule has 3 unspecified atom stereocenters. The van der Waals surface area contributed by atoms with Crippen LogP contribution in [-0.2, 0) is 9.53 Å². The monoisotopic (exact) mass is 369 g/mol. The predicted molar refractivity (Wildman–Crippen MR) is 104 cm³/mol. The molecule has 0 aromatic heterocycles. The summed E-state index contributed by atoms with van der Waals surface area (Å²) in [6, 6.07) is 8.24. The topological polar surface area (TPSA) is 38.8 Å². The maximum Gasteiger partial charge on any atom is 0.303 e. The van der Waals surface area contributed by atoms with Crippen LogP contribution in [0, 0.1) is 5.92 Å². The van der Waals surface area contributed by atoms with Crippen molar-refractivity contribution in [3.05, 3.63) is 29.8 Å². The number of esters is 1. The number of carbonyl (C=O) groups excluding carboxylic acids is 1. The lowest BCUT2D eigenvalue weighted by molar-refractivity contribution is -0.172. The quantitative estimate of drug-likeness (QED) is 0.702. The third kappa shape index (κ3) is 5.11. The van der Waals surface area contributed by atoms with Crippen LogP contribution in [0.2, 0.25) is 0 Å². The van der Waals surface area contributed by atoms with E-state index in [2.05, 4.69) is 38.1 Å². The van der Waals surface area contributed by atoms with Gasteiger partial charge >= 0.3 is 5.97 Å². The molecule has 1 aliphatic carbocycles. The second kappa shape index (κ2) is 9.44. The van der Waals surface area contributed by atoms with Crippen LogP contribution in [0.4, 0.5) is 0 Å². The maximum absolute atomic E-state index is 11.9. The summed E-state index contributed by atoms with van der Waals surface area (Å²) in [5.74, 6) is 1.18. The van der Waals surface area contributed by atoms with Gasteiger partial charge in [-0.1, -0.05) is 25.5 Å². The molecule has 0 amide bonds. The van der Waals surface area contributed by atoms with Gasteiger partial charge in [0, 0.05) is 25.3 Å². The molecule has 3 atom stereocenters. The van der Waals surface area contributed by atoms with E-state index in [1.54, 1.807) is 7.11 Å². The first-order chi connectivity index (χ1) is 11.4. The van der Waals surface area contributed by atoms with Crippen molar-refractivity contribution in [2.24, 2.45) is 5.92 Å². The largest absolute Gasteiger partial charge is 0.497 e. The Morgan fingerprint density at radius 1 is 1.28 bits per heavy atom. The Labute approximate surface area is 158 Å². The molecule has 0 saturated heterocycles. The van der Waals surface area contributed by atoms with E-state index in [-0.39, 0.29) is 30.2 Å². The molecule has 0 spiro atoms. The molecule has 0 aliphatic heterocycles. The van der Waals surface area contributed by atoms with Crippen LogP contribution in [-0.4, -0.2) is 44.2 Å². The molecule has 0 radical (unpaired) electrons. The average molecular weight is 370 g/mol. The van der Waals surface area contributed by atoms with E-state index >= 15 is 0 Å². The number of benzene rings is 1. The molecule has 1 aliphatic rings. The van der Waals surface area contributed by atoms with Gasteiger partial charge in [-0.3, -0.25) is 4.79 Å². The van der Waals surface area contributed by atoms with Gasteiger partial charge in [-0.05, 0) is 51.1 Å². The fraction of sp³-hybridized carbons (Fsp3) is 0.650. The summed E-state index contributed by atoms with van der Waals surface area (Å²) in [5, 5.41) is 0. The highest BCUT2D eigenvalue weighted by Crippen LogP contribution is 2.48. The van der Waals surface area contributed by atoms with Crippen molar-refractivity contribution in [2.75, 3.05) is 27.7 Å². The average Bonchev–Trinajstić information content (AvgIpc) is 2.54. The highest BCUT2D eigenvalue weighted by atomic mass is 35.5. The Kier molecular flexibility index (Phi) is 8.23. The molecule has 5 heteroatoms. The minimum absolute atomic E-state index is 0. The summed E-state index contributed by atoms with van der Waals surface area (Å²) in [4.78, 5) is 14.1. The second-order valence-electron chi connectivity index (χ2n) is 7.28. The van der Waals surface area contributed by atoms with Gasteiger partial charge < -0.3 is 14.4 Å². The van der Waals surface area contributed by atoms with E-state index in [1.165, 1.54) is 18.9 Å². The Morgan fingerprint density at radius 3 is 2.44 bits per heavy atom. The molecule has 2 rings (SSSR count). The SMILES string of the molecule is COc1ccc(C2CCCCC2(OC(C)=O)C(C)CN(C)C)cc1.Cl. The summed E-state index contributed by atoms with van der Waals surface area (Å²) in [7, 11) is 5.82. The highest BCUT2D eigenvalue weighted by molar-refractivity contribution is 5.85. The van der Waals surface area contributed by atoms with Crippen LogP contribution >= 0.6 is 12.4 Å². The zero-order valence-corrected chi connectivity index (χ0v) is 16.9. The molecule has 0 heterocycles. The van der Waals surface area contributed by atoms with Gasteiger partial charge in [0.2, 0.25) is 0 Å². The fourth-order valence-electron chi connectivity index (χ4n) is 4.24. The maximum atomic E-state index is 11.9. The predicted octanol–water partition coefficient (Wildman–Crippen LogP) is 4.27. The molecule has 25 heavy (non-hydrogen) atoms. The molecular formula is C20H32ClNO3. The molecule has 1 aromatic rings. The summed E-state index contributed by atoms with van der Waals surface area (Å²) < 4.78 is 11.3. The Bertz CT molecular complexity index is 546. The van der Waals surface area contributed by atoms with Crippen LogP contribution in [0.1, 0.15) is 51.0 Å².